The molecule has 3 N–H and O–H groups in total. The number of benzene rings is 1. The number of nitrogens with zero attached hydrogens (tertiary/aromatic N) is 3. The van der Waals surface area contributed by atoms with E-state index in [2.05, 4.69) is 15.3 Å². The van der Waals surface area contributed by atoms with Gasteiger partial charge in [-0.2, -0.15) is 10.2 Å². The number of nitriles is 1. The third kappa shape index (κ3) is 2.32. The van der Waals surface area contributed by atoms with Gasteiger partial charge in [-0.3, -0.25) is 0 Å². The highest BCUT2D eigenvalue weighted by molar-refractivity contribution is 5.58. The Hall–Kier alpha value is -2.61. The van der Waals surface area contributed by atoms with Crippen molar-refractivity contribution in [3.05, 3.63) is 41.6 Å². The maximum atomic E-state index is 8.85. The van der Waals surface area contributed by atoms with Crippen LogP contribution in [0.2, 0.25) is 0 Å². The first-order chi connectivity index (χ1) is 8.20. The molecule has 5 nitrogen and oxygen atoms in total. The first-order valence-electron chi connectivity index (χ1n) is 5.07. The molecule has 0 spiro atoms. The molecule has 0 radical (unpaired) electrons. The van der Waals surface area contributed by atoms with E-state index < -0.39 is 0 Å². The molecule has 0 aliphatic carbocycles. The Bertz CT molecular complexity index is 548. The van der Waals surface area contributed by atoms with Crippen LogP contribution in [-0.2, 0) is 0 Å². The minimum Gasteiger partial charge on any atom is -0.382 e. The second kappa shape index (κ2) is 4.49. The van der Waals surface area contributed by atoms with Crippen LogP contribution < -0.4 is 11.1 Å². The number of nitrogens with one attached hydrogen (secondary N) is 1. The Kier molecular flexibility index (Phi) is 2.88. The fourth-order valence-corrected chi connectivity index (χ4v) is 1.44. The molecule has 2 rings (SSSR count). The fourth-order valence-electron chi connectivity index (χ4n) is 1.44. The average molecular weight is 225 g/mol. The Morgan fingerprint density at radius 2 is 1.94 bits per heavy atom. The molecule has 0 saturated carbocycles. The lowest BCUT2D eigenvalue weighted by atomic mass is 10.2. The van der Waals surface area contributed by atoms with E-state index >= 15 is 0 Å². The summed E-state index contributed by atoms with van der Waals surface area (Å²) in [5.74, 6) is 0.587. The maximum absolute atomic E-state index is 8.85. The van der Waals surface area contributed by atoms with Gasteiger partial charge in [0.1, 0.15) is 17.5 Å². The van der Waals surface area contributed by atoms with E-state index in [9.17, 15) is 0 Å². The van der Waals surface area contributed by atoms with Crippen LogP contribution in [-0.4, -0.2) is 9.97 Å². The predicted octanol–water partition coefficient (Wildman–Crippen LogP) is 1.98. The van der Waals surface area contributed by atoms with E-state index in [-0.39, 0.29) is 5.82 Å². The van der Waals surface area contributed by atoms with Crippen LogP contribution in [0.5, 0.6) is 0 Å². The summed E-state index contributed by atoms with van der Waals surface area (Å²) in [4.78, 5) is 8.21. The van der Waals surface area contributed by atoms with Gasteiger partial charge < -0.3 is 11.1 Å². The molecule has 0 unspecified atom stereocenters. The van der Waals surface area contributed by atoms with Crippen LogP contribution in [0.1, 0.15) is 11.3 Å². The number of nitrogen functional groups attached to an aromatic ring is 1. The monoisotopic (exact) mass is 225 g/mol. The largest absolute Gasteiger partial charge is 0.382 e. The zero-order valence-electron chi connectivity index (χ0n) is 9.31. The van der Waals surface area contributed by atoms with Crippen molar-refractivity contribution < 1.29 is 0 Å². The number of para-hydroxylation sites is 1. The first-order valence-corrected chi connectivity index (χ1v) is 5.07. The van der Waals surface area contributed by atoms with E-state index in [0.717, 1.165) is 5.69 Å². The van der Waals surface area contributed by atoms with Crippen molar-refractivity contribution in [1.82, 2.24) is 9.97 Å². The highest BCUT2D eigenvalue weighted by Gasteiger charge is 2.08. The second-order valence-electron chi connectivity index (χ2n) is 3.50. The second-order valence-corrected chi connectivity index (χ2v) is 3.50. The van der Waals surface area contributed by atoms with Gasteiger partial charge in [0.15, 0.2) is 0 Å². The summed E-state index contributed by atoms with van der Waals surface area (Å²) in [7, 11) is 0. The van der Waals surface area contributed by atoms with Crippen molar-refractivity contribution in [3.63, 3.8) is 0 Å². The van der Waals surface area contributed by atoms with Gasteiger partial charge in [-0.1, -0.05) is 18.2 Å². The molecule has 0 fully saturated rings. The minimum atomic E-state index is 0.193. The molecule has 1 aromatic heterocycles. The Labute approximate surface area is 98.9 Å². The molecule has 0 saturated heterocycles. The van der Waals surface area contributed by atoms with Crippen LogP contribution in [0.25, 0.3) is 0 Å². The molecular weight excluding hydrogens is 214 g/mol. The zero-order valence-corrected chi connectivity index (χ0v) is 9.31. The molecule has 1 aromatic carbocycles. The first kappa shape index (κ1) is 10.9. The van der Waals surface area contributed by atoms with Gasteiger partial charge in [-0.15, -0.1) is 0 Å². The van der Waals surface area contributed by atoms with Crippen molar-refractivity contribution in [3.8, 4) is 6.07 Å². The third-order valence-corrected chi connectivity index (χ3v) is 2.26. The molecule has 17 heavy (non-hydrogen) atoms. The van der Waals surface area contributed by atoms with E-state index in [1.807, 2.05) is 36.4 Å². The van der Waals surface area contributed by atoms with Gasteiger partial charge in [0, 0.05) is 5.69 Å². The number of anilines is 3. The predicted molar refractivity (Wildman–Crippen MR) is 65.6 cm³/mol. The van der Waals surface area contributed by atoms with Crippen molar-refractivity contribution in [2.45, 2.75) is 6.92 Å². The summed E-state index contributed by atoms with van der Waals surface area (Å²) in [6.07, 6.45) is 0. The summed E-state index contributed by atoms with van der Waals surface area (Å²) in [5.41, 5.74) is 7.43. The third-order valence-electron chi connectivity index (χ3n) is 2.26. The SMILES string of the molecule is Cc1nc(Nc2ccccc2)nc(N)c1C#N. The molecule has 0 aliphatic heterocycles. The molecule has 5 heteroatoms. The lowest BCUT2D eigenvalue weighted by Gasteiger charge is -2.07. The van der Waals surface area contributed by atoms with Gasteiger partial charge in [0.25, 0.3) is 0 Å². The van der Waals surface area contributed by atoms with E-state index in [1.165, 1.54) is 0 Å². The molecule has 1 heterocycles. The number of aromatic nitrogens is 2. The number of hydrogen-bond donors (Lipinski definition) is 2. The summed E-state index contributed by atoms with van der Waals surface area (Å²) in [6, 6.07) is 11.5. The number of aryl methyl sites for hydroxylation is 1. The molecular formula is C12H11N5. The van der Waals surface area contributed by atoms with Crippen LogP contribution in [0.15, 0.2) is 30.3 Å². The van der Waals surface area contributed by atoms with Gasteiger partial charge in [-0.05, 0) is 19.1 Å². The van der Waals surface area contributed by atoms with Crippen LogP contribution in [0, 0.1) is 18.3 Å². The molecule has 0 atom stereocenters. The lowest BCUT2D eigenvalue weighted by Crippen LogP contribution is -2.05. The summed E-state index contributed by atoms with van der Waals surface area (Å²) in [5, 5.41) is 11.9. The van der Waals surface area contributed by atoms with Crippen LogP contribution in [0.4, 0.5) is 17.5 Å². The zero-order chi connectivity index (χ0) is 12.3. The smallest absolute Gasteiger partial charge is 0.229 e. The van der Waals surface area contributed by atoms with E-state index in [4.69, 9.17) is 11.0 Å². The minimum absolute atomic E-state index is 0.193. The number of nitrogens with two attached hydrogens (primary N) is 1. The molecule has 84 valence electrons. The van der Waals surface area contributed by atoms with Gasteiger partial charge in [0.2, 0.25) is 5.95 Å². The normalized spacial score (nSPS) is 9.65. The van der Waals surface area contributed by atoms with Crippen molar-refractivity contribution in [1.29, 1.82) is 5.26 Å². The standard InChI is InChI=1S/C12H11N5/c1-8-10(7-13)11(14)17-12(15-8)16-9-5-3-2-4-6-9/h2-6H,1H3,(H3,14,15,16,17). The maximum Gasteiger partial charge on any atom is 0.229 e. The Balaban J connectivity index is 2.33. The number of rotatable bonds is 2. The van der Waals surface area contributed by atoms with E-state index in [0.29, 0.717) is 17.2 Å². The van der Waals surface area contributed by atoms with Gasteiger partial charge in [-0.25, -0.2) is 4.98 Å². The Morgan fingerprint density at radius 3 is 2.53 bits per heavy atom. The van der Waals surface area contributed by atoms with Crippen LogP contribution >= 0.6 is 0 Å². The van der Waals surface area contributed by atoms with Crippen molar-refractivity contribution in [2.75, 3.05) is 11.1 Å². The summed E-state index contributed by atoms with van der Waals surface area (Å²) >= 11 is 0. The quantitative estimate of drug-likeness (QED) is 0.815. The molecule has 2 aromatic rings. The van der Waals surface area contributed by atoms with Gasteiger partial charge in [0.05, 0.1) is 5.69 Å². The summed E-state index contributed by atoms with van der Waals surface area (Å²) < 4.78 is 0. The highest BCUT2D eigenvalue weighted by atomic mass is 15.1. The van der Waals surface area contributed by atoms with Gasteiger partial charge >= 0.3 is 0 Å². The van der Waals surface area contributed by atoms with Crippen LogP contribution in [0.3, 0.4) is 0 Å². The lowest BCUT2D eigenvalue weighted by molar-refractivity contribution is 1.10. The van der Waals surface area contributed by atoms with E-state index in [1.54, 1.807) is 6.92 Å². The number of hydrogen-bond acceptors (Lipinski definition) is 5. The molecule has 0 aliphatic rings. The highest BCUT2D eigenvalue weighted by Crippen LogP contribution is 2.17. The Morgan fingerprint density at radius 1 is 1.24 bits per heavy atom. The van der Waals surface area contributed by atoms with Crippen molar-refractivity contribution in [2.24, 2.45) is 0 Å². The average Bonchev–Trinajstić information content (AvgIpc) is 2.30. The fraction of sp³-hybridized carbons (Fsp3) is 0.0833. The molecule has 0 bridgehead atoms. The summed E-state index contributed by atoms with van der Waals surface area (Å²) in [6.45, 7) is 1.73. The van der Waals surface area contributed by atoms with Crippen molar-refractivity contribution >= 4 is 17.5 Å². The topological polar surface area (TPSA) is 87.6 Å². The molecule has 0 amide bonds.